The molecule has 2 aliphatic rings. The second-order valence-corrected chi connectivity index (χ2v) is 7.29. The zero-order valence-electron chi connectivity index (χ0n) is 15.0. The van der Waals surface area contributed by atoms with E-state index in [0.29, 0.717) is 18.5 Å². The molecule has 1 heterocycles. The van der Waals surface area contributed by atoms with Crippen molar-refractivity contribution in [1.82, 2.24) is 10.2 Å². The maximum atomic E-state index is 12.7. The van der Waals surface area contributed by atoms with Crippen LogP contribution in [0.1, 0.15) is 54.6 Å². The lowest BCUT2D eigenvalue weighted by Gasteiger charge is -2.37. The Morgan fingerprint density at radius 1 is 1.23 bits per heavy atom. The maximum Gasteiger partial charge on any atom is 0.407 e. The van der Waals surface area contributed by atoms with E-state index in [0.717, 1.165) is 24.8 Å². The molecule has 2 atom stereocenters. The van der Waals surface area contributed by atoms with Gasteiger partial charge in [-0.25, -0.2) is 9.59 Å². The lowest BCUT2D eigenvalue weighted by Crippen LogP contribution is -2.54. The average Bonchev–Trinajstić information content (AvgIpc) is 3.39. The molecule has 1 aliphatic carbocycles. The van der Waals surface area contributed by atoms with Crippen LogP contribution in [0, 0.1) is 5.41 Å². The number of benzene rings is 1. The number of hydrogen-bond donors (Lipinski definition) is 2. The first-order valence-electron chi connectivity index (χ1n) is 8.83. The second kappa shape index (κ2) is 6.97. The first kappa shape index (κ1) is 18.2. The van der Waals surface area contributed by atoms with E-state index >= 15 is 0 Å². The number of hydrogen-bond acceptors (Lipinski definition) is 4. The van der Waals surface area contributed by atoms with Crippen LogP contribution in [0.4, 0.5) is 4.79 Å². The minimum Gasteiger partial charge on any atom is -0.465 e. The summed E-state index contributed by atoms with van der Waals surface area (Å²) in [5.74, 6) is -0.676. The number of amides is 2. The molecule has 1 aliphatic heterocycles. The molecule has 1 unspecified atom stereocenters. The van der Waals surface area contributed by atoms with Crippen LogP contribution in [0.15, 0.2) is 24.3 Å². The minimum absolute atomic E-state index is 0.166. The van der Waals surface area contributed by atoms with E-state index in [1.54, 1.807) is 24.3 Å². The van der Waals surface area contributed by atoms with Crippen molar-refractivity contribution in [3.63, 3.8) is 0 Å². The summed E-state index contributed by atoms with van der Waals surface area (Å²) in [6, 6.07) is 5.88. The van der Waals surface area contributed by atoms with E-state index in [4.69, 9.17) is 0 Å². The molecule has 26 heavy (non-hydrogen) atoms. The Kier molecular flexibility index (Phi) is 4.89. The molecule has 0 radical (unpaired) electrons. The quantitative estimate of drug-likeness (QED) is 0.805. The van der Waals surface area contributed by atoms with Gasteiger partial charge in [-0.05, 0) is 55.7 Å². The number of carbonyl (C=O) groups is 3. The molecule has 1 aromatic rings. The van der Waals surface area contributed by atoms with Gasteiger partial charge in [0, 0.05) is 6.54 Å². The number of esters is 1. The Morgan fingerprint density at radius 3 is 2.42 bits per heavy atom. The van der Waals surface area contributed by atoms with Gasteiger partial charge in [-0.2, -0.15) is 0 Å². The molecular formula is C19H24N2O5. The maximum absolute atomic E-state index is 12.7. The van der Waals surface area contributed by atoms with Gasteiger partial charge in [-0.3, -0.25) is 9.69 Å². The second-order valence-electron chi connectivity index (χ2n) is 7.29. The fourth-order valence-corrected chi connectivity index (χ4v) is 3.65. The number of ether oxygens (including phenoxy) is 1. The van der Waals surface area contributed by atoms with Gasteiger partial charge < -0.3 is 15.2 Å². The van der Waals surface area contributed by atoms with Gasteiger partial charge in [0.05, 0.1) is 18.7 Å². The summed E-state index contributed by atoms with van der Waals surface area (Å²) in [5.41, 5.74) is 1.44. The summed E-state index contributed by atoms with van der Waals surface area (Å²) in [5, 5.41) is 12.3. The third-order valence-electron chi connectivity index (χ3n) is 5.58. The number of nitrogens with one attached hydrogen (secondary N) is 1. The van der Waals surface area contributed by atoms with Crippen molar-refractivity contribution in [2.45, 2.75) is 44.7 Å². The molecule has 0 aromatic heterocycles. The summed E-state index contributed by atoms with van der Waals surface area (Å²) < 4.78 is 4.67. The lowest BCUT2D eigenvalue weighted by atomic mass is 9.87. The van der Waals surface area contributed by atoms with Gasteiger partial charge >= 0.3 is 12.1 Å². The van der Waals surface area contributed by atoms with Crippen LogP contribution in [0.2, 0.25) is 0 Å². The Bertz CT molecular complexity index is 711. The van der Waals surface area contributed by atoms with E-state index in [2.05, 4.69) is 10.1 Å². The number of methoxy groups -OCH3 is 1. The third-order valence-corrected chi connectivity index (χ3v) is 5.58. The first-order valence-corrected chi connectivity index (χ1v) is 8.83. The predicted octanol–water partition coefficient (Wildman–Crippen LogP) is 2.57. The number of carboxylic acid groups (broad SMARTS) is 1. The lowest BCUT2D eigenvalue weighted by molar-refractivity contribution is -0.128. The van der Waals surface area contributed by atoms with Crippen molar-refractivity contribution in [3.05, 3.63) is 35.4 Å². The van der Waals surface area contributed by atoms with Gasteiger partial charge in [0.2, 0.25) is 5.91 Å². The zero-order chi connectivity index (χ0) is 18.9. The highest BCUT2D eigenvalue weighted by Gasteiger charge is 2.51. The standard InChI is InChI=1S/C19H24N2O5/c1-12(13-3-5-14(6-4-13)17(23)26-2)20-16(22)15-11-19(7-8-19)9-10-21(15)18(24)25/h3-6,12,15H,7-11H2,1-2H3,(H,20,22)(H,24,25)/t12-,15?/m0/s1. The highest BCUT2D eigenvalue weighted by molar-refractivity contribution is 5.89. The molecule has 1 saturated heterocycles. The van der Waals surface area contributed by atoms with Crippen molar-refractivity contribution in [3.8, 4) is 0 Å². The fraction of sp³-hybridized carbons (Fsp3) is 0.526. The van der Waals surface area contributed by atoms with Crippen molar-refractivity contribution in [1.29, 1.82) is 0 Å². The van der Waals surface area contributed by atoms with Crippen LogP contribution in [0.3, 0.4) is 0 Å². The van der Waals surface area contributed by atoms with Crippen molar-refractivity contribution < 1.29 is 24.2 Å². The van der Waals surface area contributed by atoms with Crippen LogP contribution in [-0.4, -0.2) is 47.7 Å². The topological polar surface area (TPSA) is 95.9 Å². The molecule has 2 amide bonds. The summed E-state index contributed by atoms with van der Waals surface area (Å²) in [7, 11) is 1.32. The fourth-order valence-electron chi connectivity index (χ4n) is 3.65. The van der Waals surface area contributed by atoms with Crippen molar-refractivity contribution >= 4 is 18.0 Å². The minimum atomic E-state index is -1.05. The molecule has 2 N–H and O–H groups in total. The van der Waals surface area contributed by atoms with Gasteiger partial charge in [-0.1, -0.05) is 12.1 Å². The SMILES string of the molecule is COC(=O)c1ccc([C@H](C)NC(=O)C2CC3(CCN2C(=O)O)CC3)cc1. The van der Waals surface area contributed by atoms with Crippen molar-refractivity contribution in [2.24, 2.45) is 5.41 Å². The normalized spacial score (nSPS) is 21.8. The van der Waals surface area contributed by atoms with Crippen LogP contribution < -0.4 is 5.32 Å². The zero-order valence-corrected chi connectivity index (χ0v) is 15.0. The van der Waals surface area contributed by atoms with E-state index in [9.17, 15) is 19.5 Å². The number of likely N-dealkylation sites (tertiary alicyclic amines) is 1. The Hall–Kier alpha value is -2.57. The van der Waals surface area contributed by atoms with Crippen molar-refractivity contribution in [2.75, 3.05) is 13.7 Å². The molecule has 1 aromatic carbocycles. The summed E-state index contributed by atoms with van der Waals surface area (Å²) >= 11 is 0. The molecule has 0 bridgehead atoms. The van der Waals surface area contributed by atoms with Gasteiger partial charge in [0.25, 0.3) is 0 Å². The van der Waals surface area contributed by atoms with Crippen LogP contribution in [-0.2, 0) is 9.53 Å². The predicted molar refractivity (Wildman–Crippen MR) is 93.8 cm³/mol. The molecular weight excluding hydrogens is 336 g/mol. The highest BCUT2D eigenvalue weighted by Crippen LogP contribution is 2.55. The molecule has 1 spiro atoms. The van der Waals surface area contributed by atoms with E-state index in [1.807, 2.05) is 6.92 Å². The third kappa shape index (κ3) is 3.66. The molecule has 7 heteroatoms. The van der Waals surface area contributed by atoms with E-state index in [-0.39, 0.29) is 17.4 Å². The molecule has 3 rings (SSSR count). The highest BCUT2D eigenvalue weighted by atomic mass is 16.5. The van der Waals surface area contributed by atoms with Gasteiger partial charge in [0.1, 0.15) is 6.04 Å². The first-order chi connectivity index (χ1) is 12.3. The van der Waals surface area contributed by atoms with Crippen LogP contribution in [0.25, 0.3) is 0 Å². The van der Waals surface area contributed by atoms with Gasteiger partial charge in [0.15, 0.2) is 0 Å². The van der Waals surface area contributed by atoms with E-state index < -0.39 is 18.1 Å². The number of carbonyl (C=O) groups excluding carboxylic acids is 2. The molecule has 1 saturated carbocycles. The molecule has 2 fully saturated rings. The summed E-state index contributed by atoms with van der Waals surface area (Å²) in [4.78, 5) is 37.0. The number of rotatable bonds is 4. The summed E-state index contributed by atoms with van der Waals surface area (Å²) in [6.07, 6.45) is 2.55. The van der Waals surface area contributed by atoms with Crippen LogP contribution >= 0.6 is 0 Å². The van der Waals surface area contributed by atoms with Gasteiger partial charge in [-0.15, -0.1) is 0 Å². The Labute approximate surface area is 152 Å². The smallest absolute Gasteiger partial charge is 0.407 e. The largest absolute Gasteiger partial charge is 0.465 e. The van der Waals surface area contributed by atoms with Crippen LogP contribution in [0.5, 0.6) is 0 Å². The van der Waals surface area contributed by atoms with E-state index in [1.165, 1.54) is 12.0 Å². The Morgan fingerprint density at radius 2 is 1.88 bits per heavy atom. The molecule has 140 valence electrons. The average molecular weight is 360 g/mol. The summed E-state index contributed by atoms with van der Waals surface area (Å²) in [6.45, 7) is 2.25. The Balaban J connectivity index is 1.67. The molecule has 7 nitrogen and oxygen atoms in total. The number of nitrogens with zero attached hydrogens (tertiary/aromatic N) is 1. The monoisotopic (exact) mass is 360 g/mol. The number of piperidine rings is 1.